The van der Waals surface area contributed by atoms with E-state index in [0.29, 0.717) is 18.4 Å². The maximum Gasteiger partial charge on any atom is 0.134 e. The fraction of sp³-hybridized carbons (Fsp3) is 0.529. The molecule has 0 saturated heterocycles. The van der Waals surface area contributed by atoms with Gasteiger partial charge in [-0.1, -0.05) is 27.7 Å². The Morgan fingerprint density at radius 1 is 1.19 bits per heavy atom. The number of fused-ring (bicyclic) bond motifs is 1. The summed E-state index contributed by atoms with van der Waals surface area (Å²) in [7, 11) is 0. The SMILES string of the molecule is CC(C)NCCOc1ccc2oc(C(O)C(C)C)cc2c1. The Kier molecular flexibility index (Phi) is 5.26. The van der Waals surface area contributed by atoms with Crippen molar-refractivity contribution in [1.82, 2.24) is 5.32 Å². The molecule has 2 aromatic rings. The van der Waals surface area contributed by atoms with Gasteiger partial charge in [-0.2, -0.15) is 0 Å². The smallest absolute Gasteiger partial charge is 0.134 e. The van der Waals surface area contributed by atoms with Gasteiger partial charge in [-0.3, -0.25) is 0 Å². The van der Waals surface area contributed by atoms with Crippen molar-refractivity contribution in [3.05, 3.63) is 30.0 Å². The lowest BCUT2D eigenvalue weighted by atomic mass is 10.1. The van der Waals surface area contributed by atoms with Crippen molar-refractivity contribution in [2.75, 3.05) is 13.2 Å². The van der Waals surface area contributed by atoms with Crippen LogP contribution in [-0.2, 0) is 0 Å². The summed E-state index contributed by atoms with van der Waals surface area (Å²) in [6.07, 6.45) is -0.572. The molecule has 21 heavy (non-hydrogen) atoms. The number of aliphatic hydroxyl groups excluding tert-OH is 1. The molecule has 1 heterocycles. The van der Waals surface area contributed by atoms with Gasteiger partial charge >= 0.3 is 0 Å². The molecular weight excluding hydrogens is 266 g/mol. The molecule has 0 radical (unpaired) electrons. The molecule has 1 atom stereocenters. The largest absolute Gasteiger partial charge is 0.492 e. The molecule has 0 amide bonds. The van der Waals surface area contributed by atoms with E-state index in [-0.39, 0.29) is 5.92 Å². The Balaban J connectivity index is 2.04. The average Bonchev–Trinajstić information content (AvgIpc) is 2.85. The lowest BCUT2D eigenvalue weighted by Crippen LogP contribution is -2.27. The third-order valence-corrected chi connectivity index (χ3v) is 3.35. The molecule has 1 unspecified atom stereocenters. The van der Waals surface area contributed by atoms with Gasteiger partial charge in [0.15, 0.2) is 0 Å². The van der Waals surface area contributed by atoms with Crippen molar-refractivity contribution in [2.24, 2.45) is 5.92 Å². The quantitative estimate of drug-likeness (QED) is 0.767. The number of nitrogens with one attached hydrogen (secondary N) is 1. The van der Waals surface area contributed by atoms with E-state index in [2.05, 4.69) is 19.2 Å². The molecular formula is C17H25NO3. The average molecular weight is 291 g/mol. The molecule has 4 nitrogen and oxygen atoms in total. The zero-order valence-corrected chi connectivity index (χ0v) is 13.2. The summed E-state index contributed by atoms with van der Waals surface area (Å²) in [4.78, 5) is 0. The number of aliphatic hydroxyl groups is 1. The van der Waals surface area contributed by atoms with Gasteiger partial charge in [0.05, 0.1) is 0 Å². The molecule has 0 aliphatic rings. The standard InChI is InChI=1S/C17H25NO3/c1-11(2)17(19)16-10-13-9-14(5-6-15(13)21-16)20-8-7-18-12(3)4/h5-6,9-12,17-19H,7-8H2,1-4H3. The van der Waals surface area contributed by atoms with Gasteiger partial charge < -0.3 is 19.6 Å². The molecule has 0 saturated carbocycles. The van der Waals surface area contributed by atoms with Crippen LogP contribution in [-0.4, -0.2) is 24.3 Å². The fourth-order valence-electron chi connectivity index (χ4n) is 2.12. The summed E-state index contributed by atoms with van der Waals surface area (Å²) in [5.41, 5.74) is 0.775. The van der Waals surface area contributed by atoms with Gasteiger partial charge in [0.25, 0.3) is 0 Å². The van der Waals surface area contributed by atoms with E-state index >= 15 is 0 Å². The van der Waals surface area contributed by atoms with E-state index in [9.17, 15) is 5.11 Å². The topological polar surface area (TPSA) is 54.6 Å². The molecule has 116 valence electrons. The van der Waals surface area contributed by atoms with Crippen molar-refractivity contribution >= 4 is 11.0 Å². The molecule has 0 bridgehead atoms. The molecule has 0 aliphatic carbocycles. The number of benzene rings is 1. The van der Waals surface area contributed by atoms with Crippen LogP contribution in [0.25, 0.3) is 11.0 Å². The summed E-state index contributed by atoms with van der Waals surface area (Å²) in [6, 6.07) is 8.08. The second kappa shape index (κ2) is 6.96. The van der Waals surface area contributed by atoms with E-state index in [1.807, 2.05) is 38.1 Å². The Hall–Kier alpha value is -1.52. The normalized spacial score (nSPS) is 13.3. The van der Waals surface area contributed by atoms with Crippen LogP contribution in [0, 0.1) is 5.92 Å². The maximum absolute atomic E-state index is 10.1. The van der Waals surface area contributed by atoms with Gasteiger partial charge in [-0.25, -0.2) is 0 Å². The van der Waals surface area contributed by atoms with Crippen LogP contribution in [0.5, 0.6) is 5.75 Å². The number of rotatable bonds is 7. The highest BCUT2D eigenvalue weighted by molar-refractivity contribution is 5.79. The van der Waals surface area contributed by atoms with Crippen LogP contribution in [0.2, 0.25) is 0 Å². The minimum Gasteiger partial charge on any atom is -0.492 e. The zero-order chi connectivity index (χ0) is 15.4. The third kappa shape index (κ3) is 4.22. The number of hydrogen-bond acceptors (Lipinski definition) is 4. The Morgan fingerprint density at radius 2 is 1.95 bits per heavy atom. The van der Waals surface area contributed by atoms with Crippen molar-refractivity contribution in [3.8, 4) is 5.75 Å². The molecule has 0 spiro atoms. The van der Waals surface area contributed by atoms with Gasteiger partial charge in [-0.05, 0) is 30.2 Å². The molecule has 2 N–H and O–H groups in total. The fourth-order valence-corrected chi connectivity index (χ4v) is 2.12. The zero-order valence-electron chi connectivity index (χ0n) is 13.2. The number of furan rings is 1. The molecule has 1 aromatic carbocycles. The highest BCUT2D eigenvalue weighted by atomic mass is 16.5. The number of hydrogen-bond donors (Lipinski definition) is 2. The van der Waals surface area contributed by atoms with Gasteiger partial charge in [0, 0.05) is 18.0 Å². The van der Waals surface area contributed by atoms with Gasteiger partial charge in [-0.15, -0.1) is 0 Å². The summed E-state index contributed by atoms with van der Waals surface area (Å²) in [5.74, 6) is 1.56. The van der Waals surface area contributed by atoms with Crippen molar-refractivity contribution in [2.45, 2.75) is 39.8 Å². The lowest BCUT2D eigenvalue weighted by molar-refractivity contribution is 0.104. The Labute approximate surface area is 126 Å². The van der Waals surface area contributed by atoms with E-state index in [0.717, 1.165) is 23.3 Å². The van der Waals surface area contributed by atoms with E-state index < -0.39 is 6.10 Å². The van der Waals surface area contributed by atoms with E-state index in [1.54, 1.807) is 0 Å². The predicted molar refractivity (Wildman–Crippen MR) is 84.6 cm³/mol. The third-order valence-electron chi connectivity index (χ3n) is 3.35. The molecule has 2 rings (SSSR count). The first-order valence-corrected chi connectivity index (χ1v) is 7.55. The summed E-state index contributed by atoms with van der Waals surface area (Å²) in [5, 5.41) is 14.3. The molecule has 4 heteroatoms. The van der Waals surface area contributed by atoms with Crippen molar-refractivity contribution in [3.63, 3.8) is 0 Å². The summed E-state index contributed by atoms with van der Waals surface area (Å²) in [6.45, 7) is 9.60. The highest BCUT2D eigenvalue weighted by Crippen LogP contribution is 2.30. The predicted octanol–water partition coefficient (Wildman–Crippen LogP) is 3.50. The second-order valence-electron chi connectivity index (χ2n) is 5.99. The van der Waals surface area contributed by atoms with Crippen LogP contribution in [0.1, 0.15) is 39.6 Å². The van der Waals surface area contributed by atoms with Crippen LogP contribution in [0.3, 0.4) is 0 Å². The van der Waals surface area contributed by atoms with Crippen LogP contribution >= 0.6 is 0 Å². The number of ether oxygens (including phenoxy) is 1. The van der Waals surface area contributed by atoms with Crippen molar-refractivity contribution < 1.29 is 14.3 Å². The van der Waals surface area contributed by atoms with E-state index in [1.165, 1.54) is 0 Å². The molecule has 0 aliphatic heterocycles. The van der Waals surface area contributed by atoms with Crippen LogP contribution in [0.4, 0.5) is 0 Å². The summed E-state index contributed by atoms with van der Waals surface area (Å²) < 4.78 is 11.4. The monoisotopic (exact) mass is 291 g/mol. The Morgan fingerprint density at radius 3 is 2.62 bits per heavy atom. The van der Waals surface area contributed by atoms with Gasteiger partial charge in [0.2, 0.25) is 0 Å². The van der Waals surface area contributed by atoms with Gasteiger partial charge in [0.1, 0.15) is 29.8 Å². The van der Waals surface area contributed by atoms with Crippen LogP contribution < -0.4 is 10.1 Å². The molecule has 1 aromatic heterocycles. The summed E-state index contributed by atoms with van der Waals surface area (Å²) >= 11 is 0. The first-order chi connectivity index (χ1) is 9.97. The Bertz CT molecular complexity index is 574. The second-order valence-corrected chi connectivity index (χ2v) is 5.99. The first kappa shape index (κ1) is 15.9. The van der Waals surface area contributed by atoms with Crippen molar-refractivity contribution in [1.29, 1.82) is 0 Å². The molecule has 0 fully saturated rings. The van der Waals surface area contributed by atoms with E-state index in [4.69, 9.17) is 9.15 Å². The highest BCUT2D eigenvalue weighted by Gasteiger charge is 2.17. The first-order valence-electron chi connectivity index (χ1n) is 7.55. The van der Waals surface area contributed by atoms with Crippen LogP contribution in [0.15, 0.2) is 28.7 Å². The maximum atomic E-state index is 10.1. The lowest BCUT2D eigenvalue weighted by Gasteiger charge is -2.10. The minimum absolute atomic E-state index is 0.128. The minimum atomic E-state index is -0.572.